The van der Waals surface area contributed by atoms with E-state index in [9.17, 15) is 8.42 Å². The van der Waals surface area contributed by atoms with Crippen molar-refractivity contribution in [1.29, 1.82) is 0 Å². The van der Waals surface area contributed by atoms with Gasteiger partial charge in [0.15, 0.2) is 0 Å². The van der Waals surface area contributed by atoms with Gasteiger partial charge >= 0.3 is 0 Å². The number of hydrogen-bond acceptors (Lipinski definition) is 4. The van der Waals surface area contributed by atoms with Crippen LogP contribution in [0.15, 0.2) is 35.2 Å². The monoisotopic (exact) mass is 388 g/mol. The average Bonchev–Trinajstić information content (AvgIpc) is 2.62. The summed E-state index contributed by atoms with van der Waals surface area (Å²) in [5.41, 5.74) is 5.17. The van der Waals surface area contributed by atoms with Crippen LogP contribution in [0.25, 0.3) is 0 Å². The Labute approximate surface area is 162 Å². The molecule has 0 atom stereocenters. The first-order valence-electron chi connectivity index (χ1n) is 9.21. The molecule has 1 heterocycles. The summed E-state index contributed by atoms with van der Waals surface area (Å²) in [6.07, 6.45) is 0. The number of nitrogens with zero attached hydrogens (tertiary/aromatic N) is 2. The molecule has 27 heavy (non-hydrogen) atoms. The van der Waals surface area contributed by atoms with Crippen LogP contribution in [0.4, 0.5) is 5.69 Å². The molecular weight excluding hydrogens is 360 g/mol. The van der Waals surface area contributed by atoms with Crippen molar-refractivity contribution in [3.05, 3.63) is 52.6 Å². The number of ether oxygens (including phenoxy) is 1. The van der Waals surface area contributed by atoms with Crippen LogP contribution in [0.5, 0.6) is 5.75 Å². The van der Waals surface area contributed by atoms with Gasteiger partial charge in [-0.25, -0.2) is 8.42 Å². The van der Waals surface area contributed by atoms with E-state index in [1.807, 2.05) is 13.8 Å². The Morgan fingerprint density at radius 3 is 1.96 bits per heavy atom. The molecule has 146 valence electrons. The third kappa shape index (κ3) is 3.96. The summed E-state index contributed by atoms with van der Waals surface area (Å²) in [6.45, 7) is 10.2. The molecule has 1 aliphatic heterocycles. The molecule has 2 aromatic carbocycles. The maximum atomic E-state index is 13.2. The van der Waals surface area contributed by atoms with Crippen molar-refractivity contribution in [2.45, 2.75) is 32.6 Å². The van der Waals surface area contributed by atoms with E-state index in [0.717, 1.165) is 5.56 Å². The number of methoxy groups -OCH3 is 1. The quantitative estimate of drug-likeness (QED) is 0.805. The Hall–Kier alpha value is -2.05. The SMILES string of the molecule is COc1cc(C)c(S(=O)(=O)N2CCN(c3cc(C)cc(C)c3)CC2)cc1C. The highest BCUT2D eigenvalue weighted by Crippen LogP contribution is 2.29. The van der Waals surface area contributed by atoms with Crippen molar-refractivity contribution < 1.29 is 13.2 Å². The number of piperazine rings is 1. The minimum atomic E-state index is -3.51. The van der Waals surface area contributed by atoms with E-state index in [0.29, 0.717) is 42.4 Å². The minimum absolute atomic E-state index is 0.376. The molecule has 5 nitrogen and oxygen atoms in total. The highest BCUT2D eigenvalue weighted by Gasteiger charge is 2.30. The van der Waals surface area contributed by atoms with Crippen LogP contribution < -0.4 is 9.64 Å². The molecule has 2 aromatic rings. The van der Waals surface area contributed by atoms with Gasteiger partial charge in [-0.3, -0.25) is 0 Å². The van der Waals surface area contributed by atoms with E-state index in [-0.39, 0.29) is 0 Å². The highest BCUT2D eigenvalue weighted by molar-refractivity contribution is 7.89. The van der Waals surface area contributed by atoms with E-state index in [2.05, 4.69) is 36.9 Å². The first-order valence-corrected chi connectivity index (χ1v) is 10.6. The van der Waals surface area contributed by atoms with Crippen LogP contribution in [0.2, 0.25) is 0 Å². The molecule has 1 aliphatic rings. The predicted molar refractivity (Wildman–Crippen MR) is 109 cm³/mol. The number of rotatable bonds is 4. The third-order valence-corrected chi connectivity index (χ3v) is 7.16. The Morgan fingerprint density at radius 1 is 0.815 bits per heavy atom. The van der Waals surface area contributed by atoms with Crippen LogP contribution in [0.1, 0.15) is 22.3 Å². The Balaban J connectivity index is 1.80. The van der Waals surface area contributed by atoms with Crippen LogP contribution in [0.3, 0.4) is 0 Å². The van der Waals surface area contributed by atoms with Crippen LogP contribution >= 0.6 is 0 Å². The second-order valence-corrected chi connectivity index (χ2v) is 9.23. The molecule has 0 spiro atoms. The average molecular weight is 389 g/mol. The van der Waals surface area contributed by atoms with E-state index >= 15 is 0 Å². The zero-order valence-corrected chi connectivity index (χ0v) is 17.6. The third-order valence-electron chi connectivity index (χ3n) is 5.12. The second kappa shape index (κ2) is 7.52. The summed E-state index contributed by atoms with van der Waals surface area (Å²) >= 11 is 0. The molecule has 0 bridgehead atoms. The van der Waals surface area contributed by atoms with Crippen molar-refractivity contribution in [2.75, 3.05) is 38.2 Å². The molecule has 0 aromatic heterocycles. The molecule has 0 radical (unpaired) electrons. The molecule has 0 unspecified atom stereocenters. The van der Waals surface area contributed by atoms with E-state index in [1.54, 1.807) is 23.5 Å². The zero-order chi connectivity index (χ0) is 19.8. The lowest BCUT2D eigenvalue weighted by Gasteiger charge is -2.36. The second-order valence-electron chi connectivity index (χ2n) is 7.32. The summed E-state index contributed by atoms with van der Waals surface area (Å²) in [6, 6.07) is 10.00. The summed E-state index contributed by atoms with van der Waals surface area (Å²) in [7, 11) is -1.91. The van der Waals surface area contributed by atoms with E-state index < -0.39 is 10.0 Å². The van der Waals surface area contributed by atoms with Gasteiger partial charge in [-0.2, -0.15) is 4.31 Å². The van der Waals surface area contributed by atoms with Gasteiger partial charge in [0.25, 0.3) is 0 Å². The normalized spacial score (nSPS) is 15.8. The molecule has 3 rings (SSSR count). The van der Waals surface area contributed by atoms with E-state index in [4.69, 9.17) is 4.74 Å². The number of benzene rings is 2. The Bertz CT molecular complexity index is 926. The molecular formula is C21H28N2O3S. The van der Waals surface area contributed by atoms with Crippen molar-refractivity contribution in [2.24, 2.45) is 0 Å². The van der Waals surface area contributed by atoms with Crippen LogP contribution in [-0.4, -0.2) is 46.0 Å². The lowest BCUT2D eigenvalue weighted by molar-refractivity contribution is 0.384. The lowest BCUT2D eigenvalue weighted by Crippen LogP contribution is -2.48. The fourth-order valence-corrected chi connectivity index (χ4v) is 5.43. The maximum Gasteiger partial charge on any atom is 0.243 e. The Kier molecular flexibility index (Phi) is 5.49. The largest absolute Gasteiger partial charge is 0.496 e. The minimum Gasteiger partial charge on any atom is -0.496 e. The highest BCUT2D eigenvalue weighted by atomic mass is 32.2. The van der Waals surface area contributed by atoms with Crippen LogP contribution in [-0.2, 0) is 10.0 Å². The standard InChI is InChI=1S/C21H28N2O3S/c1-15-10-16(2)12-19(11-15)22-6-8-23(9-7-22)27(24,25)21-14-17(3)20(26-5)13-18(21)4/h10-14H,6-9H2,1-5H3. The van der Waals surface area contributed by atoms with Crippen molar-refractivity contribution in [3.63, 3.8) is 0 Å². The fourth-order valence-electron chi connectivity index (χ4n) is 3.72. The molecule has 6 heteroatoms. The zero-order valence-electron chi connectivity index (χ0n) is 16.7. The molecule has 1 saturated heterocycles. The van der Waals surface area contributed by atoms with Crippen molar-refractivity contribution >= 4 is 15.7 Å². The Morgan fingerprint density at radius 2 is 1.41 bits per heavy atom. The number of anilines is 1. The van der Waals surface area contributed by atoms with Gasteiger partial charge < -0.3 is 9.64 Å². The summed E-state index contributed by atoms with van der Waals surface area (Å²) in [5.74, 6) is 0.714. The van der Waals surface area contributed by atoms with Gasteiger partial charge in [-0.15, -0.1) is 0 Å². The van der Waals surface area contributed by atoms with E-state index in [1.165, 1.54) is 16.8 Å². The van der Waals surface area contributed by atoms with Gasteiger partial charge in [0.1, 0.15) is 5.75 Å². The fraction of sp³-hybridized carbons (Fsp3) is 0.429. The summed E-state index contributed by atoms with van der Waals surface area (Å²) in [5, 5.41) is 0. The smallest absolute Gasteiger partial charge is 0.243 e. The number of aryl methyl sites for hydroxylation is 4. The molecule has 0 amide bonds. The molecule has 0 aliphatic carbocycles. The molecule has 0 N–H and O–H groups in total. The van der Waals surface area contributed by atoms with Crippen LogP contribution in [0, 0.1) is 27.7 Å². The molecule has 0 saturated carbocycles. The summed E-state index contributed by atoms with van der Waals surface area (Å²) < 4.78 is 33.3. The summed E-state index contributed by atoms with van der Waals surface area (Å²) in [4.78, 5) is 2.64. The predicted octanol–water partition coefficient (Wildman–Crippen LogP) is 3.44. The van der Waals surface area contributed by atoms with Gasteiger partial charge in [0.05, 0.1) is 12.0 Å². The maximum absolute atomic E-state index is 13.2. The number of sulfonamides is 1. The topological polar surface area (TPSA) is 49.9 Å². The van der Waals surface area contributed by atoms with Gasteiger partial charge in [-0.1, -0.05) is 6.07 Å². The number of hydrogen-bond donors (Lipinski definition) is 0. The van der Waals surface area contributed by atoms with Gasteiger partial charge in [-0.05, 0) is 74.2 Å². The van der Waals surface area contributed by atoms with Gasteiger partial charge in [0.2, 0.25) is 10.0 Å². The molecule has 1 fully saturated rings. The van der Waals surface area contributed by atoms with Gasteiger partial charge in [0, 0.05) is 31.9 Å². The first-order chi connectivity index (χ1) is 12.7. The first kappa shape index (κ1) is 19.7. The van der Waals surface area contributed by atoms with Crippen molar-refractivity contribution in [1.82, 2.24) is 4.31 Å². The lowest BCUT2D eigenvalue weighted by atomic mass is 10.1. The van der Waals surface area contributed by atoms with Crippen molar-refractivity contribution in [3.8, 4) is 5.75 Å².